The van der Waals surface area contributed by atoms with E-state index in [9.17, 15) is 8.60 Å². The molecule has 0 aliphatic rings. The summed E-state index contributed by atoms with van der Waals surface area (Å²) in [6, 6.07) is 4.23. The van der Waals surface area contributed by atoms with Gasteiger partial charge in [-0.3, -0.25) is 4.21 Å². The minimum absolute atomic E-state index is 0.353. The van der Waals surface area contributed by atoms with Gasteiger partial charge in [-0.05, 0) is 30.0 Å². The molecule has 1 aromatic carbocycles. The first-order valence-corrected chi connectivity index (χ1v) is 6.86. The standard InChI is InChI=1S/C12H18FNOS/c1-9(2)5-6-16(15)8-10-3-4-11(13)7-12(10)14/h3-4,7,9H,5-6,8,14H2,1-2H3. The van der Waals surface area contributed by atoms with E-state index in [1.54, 1.807) is 6.07 Å². The summed E-state index contributed by atoms with van der Waals surface area (Å²) in [5.74, 6) is 1.29. The van der Waals surface area contributed by atoms with Gasteiger partial charge in [-0.2, -0.15) is 0 Å². The minimum Gasteiger partial charge on any atom is -0.398 e. The van der Waals surface area contributed by atoms with Gasteiger partial charge < -0.3 is 5.73 Å². The lowest BCUT2D eigenvalue weighted by Crippen LogP contribution is -2.06. The number of rotatable bonds is 5. The Labute approximate surface area is 98.5 Å². The summed E-state index contributed by atoms with van der Waals surface area (Å²) >= 11 is 0. The van der Waals surface area contributed by atoms with Gasteiger partial charge in [0, 0.05) is 22.2 Å². The second-order valence-electron chi connectivity index (χ2n) is 4.31. The Morgan fingerprint density at radius 3 is 2.69 bits per heavy atom. The summed E-state index contributed by atoms with van der Waals surface area (Å²) in [6.07, 6.45) is 0.938. The minimum atomic E-state index is -0.911. The van der Waals surface area contributed by atoms with Crippen molar-refractivity contribution in [3.8, 4) is 0 Å². The van der Waals surface area contributed by atoms with Gasteiger partial charge in [0.15, 0.2) is 0 Å². The molecule has 2 N–H and O–H groups in total. The number of hydrogen-bond donors (Lipinski definition) is 1. The molecular formula is C12H18FNOS. The average molecular weight is 243 g/mol. The van der Waals surface area contributed by atoms with Gasteiger partial charge in [-0.15, -0.1) is 0 Å². The second kappa shape index (κ2) is 5.99. The van der Waals surface area contributed by atoms with Crippen molar-refractivity contribution in [1.82, 2.24) is 0 Å². The van der Waals surface area contributed by atoms with Crippen LogP contribution in [0, 0.1) is 11.7 Å². The van der Waals surface area contributed by atoms with Gasteiger partial charge in [0.2, 0.25) is 0 Å². The first kappa shape index (κ1) is 13.2. The van der Waals surface area contributed by atoms with Gasteiger partial charge in [0.25, 0.3) is 0 Å². The van der Waals surface area contributed by atoms with E-state index in [0.29, 0.717) is 23.1 Å². The number of benzene rings is 1. The Hall–Kier alpha value is -0.900. The van der Waals surface area contributed by atoms with Crippen molar-refractivity contribution in [1.29, 1.82) is 0 Å². The number of nitrogens with two attached hydrogens (primary N) is 1. The van der Waals surface area contributed by atoms with Crippen molar-refractivity contribution in [2.45, 2.75) is 26.0 Å². The van der Waals surface area contributed by atoms with Crippen LogP contribution in [0.4, 0.5) is 10.1 Å². The third-order valence-corrected chi connectivity index (χ3v) is 3.67. The Bertz CT molecular complexity index is 379. The van der Waals surface area contributed by atoms with Gasteiger partial charge in [0.1, 0.15) is 5.82 Å². The van der Waals surface area contributed by atoms with Crippen LogP contribution in [-0.2, 0) is 16.6 Å². The molecule has 1 aromatic rings. The van der Waals surface area contributed by atoms with Crippen molar-refractivity contribution in [3.05, 3.63) is 29.6 Å². The lowest BCUT2D eigenvalue weighted by Gasteiger charge is -2.07. The quantitative estimate of drug-likeness (QED) is 0.808. The highest BCUT2D eigenvalue weighted by Crippen LogP contribution is 2.16. The molecular weight excluding hydrogens is 225 g/mol. The molecule has 0 heterocycles. The van der Waals surface area contributed by atoms with Crippen LogP contribution in [0.25, 0.3) is 0 Å². The number of hydrogen-bond acceptors (Lipinski definition) is 2. The normalized spacial score (nSPS) is 13.0. The maximum atomic E-state index is 12.8. The SMILES string of the molecule is CC(C)CCS(=O)Cc1ccc(F)cc1N. The van der Waals surface area contributed by atoms with E-state index in [-0.39, 0.29) is 5.82 Å². The van der Waals surface area contributed by atoms with Crippen molar-refractivity contribution >= 4 is 16.5 Å². The Kier molecular flexibility index (Phi) is 4.93. The highest BCUT2D eigenvalue weighted by molar-refractivity contribution is 7.84. The highest BCUT2D eigenvalue weighted by atomic mass is 32.2. The Morgan fingerprint density at radius 2 is 2.12 bits per heavy atom. The fraction of sp³-hybridized carbons (Fsp3) is 0.500. The van der Waals surface area contributed by atoms with Crippen LogP contribution in [-0.4, -0.2) is 9.96 Å². The number of nitrogen functional groups attached to an aromatic ring is 1. The molecule has 1 rings (SSSR count). The maximum Gasteiger partial charge on any atom is 0.125 e. The molecule has 0 aliphatic heterocycles. The molecule has 4 heteroatoms. The monoisotopic (exact) mass is 243 g/mol. The van der Waals surface area contributed by atoms with Crippen LogP contribution in [0.5, 0.6) is 0 Å². The fourth-order valence-corrected chi connectivity index (χ4v) is 2.80. The summed E-state index contributed by atoms with van der Waals surface area (Å²) in [6.45, 7) is 4.20. The van der Waals surface area contributed by atoms with E-state index in [2.05, 4.69) is 13.8 Å². The summed E-state index contributed by atoms with van der Waals surface area (Å²) in [5.41, 5.74) is 6.81. The van der Waals surface area contributed by atoms with Crippen molar-refractivity contribution < 1.29 is 8.60 Å². The number of anilines is 1. The zero-order valence-electron chi connectivity index (χ0n) is 9.70. The Balaban J connectivity index is 2.56. The van der Waals surface area contributed by atoms with Crippen LogP contribution in [0.1, 0.15) is 25.8 Å². The smallest absolute Gasteiger partial charge is 0.125 e. The van der Waals surface area contributed by atoms with E-state index in [1.807, 2.05) is 0 Å². The van der Waals surface area contributed by atoms with E-state index >= 15 is 0 Å². The van der Waals surface area contributed by atoms with Crippen molar-refractivity contribution in [2.75, 3.05) is 11.5 Å². The van der Waals surface area contributed by atoms with Gasteiger partial charge in [0.05, 0.1) is 5.75 Å². The molecule has 0 saturated carbocycles. The fourth-order valence-electron chi connectivity index (χ4n) is 1.31. The number of halogens is 1. The lowest BCUT2D eigenvalue weighted by molar-refractivity contribution is 0.619. The average Bonchev–Trinajstić information content (AvgIpc) is 2.19. The lowest BCUT2D eigenvalue weighted by atomic mass is 10.2. The summed E-state index contributed by atoms with van der Waals surface area (Å²) in [4.78, 5) is 0. The topological polar surface area (TPSA) is 43.1 Å². The van der Waals surface area contributed by atoms with Gasteiger partial charge >= 0.3 is 0 Å². The zero-order valence-corrected chi connectivity index (χ0v) is 10.5. The van der Waals surface area contributed by atoms with Crippen molar-refractivity contribution in [3.63, 3.8) is 0 Å². The summed E-state index contributed by atoms with van der Waals surface area (Å²) < 4.78 is 24.5. The second-order valence-corrected chi connectivity index (χ2v) is 5.89. The molecule has 0 aliphatic carbocycles. The molecule has 1 unspecified atom stereocenters. The van der Waals surface area contributed by atoms with Crippen LogP contribution < -0.4 is 5.73 Å². The third-order valence-electron chi connectivity index (χ3n) is 2.35. The molecule has 16 heavy (non-hydrogen) atoms. The third kappa shape index (κ3) is 4.31. The molecule has 0 aromatic heterocycles. The van der Waals surface area contributed by atoms with E-state index in [1.165, 1.54) is 12.1 Å². The van der Waals surface area contributed by atoms with Gasteiger partial charge in [-0.1, -0.05) is 19.9 Å². The predicted molar refractivity (Wildman–Crippen MR) is 67.0 cm³/mol. The molecule has 1 atom stereocenters. The van der Waals surface area contributed by atoms with Gasteiger partial charge in [-0.25, -0.2) is 4.39 Å². The molecule has 0 bridgehead atoms. The first-order valence-electron chi connectivity index (χ1n) is 5.38. The highest BCUT2D eigenvalue weighted by Gasteiger charge is 2.07. The molecule has 2 nitrogen and oxygen atoms in total. The predicted octanol–water partition coefficient (Wildman–Crippen LogP) is 2.70. The van der Waals surface area contributed by atoms with Crippen molar-refractivity contribution in [2.24, 2.45) is 5.92 Å². The van der Waals surface area contributed by atoms with E-state index < -0.39 is 10.8 Å². The largest absolute Gasteiger partial charge is 0.398 e. The van der Waals surface area contributed by atoms with E-state index in [4.69, 9.17) is 5.73 Å². The van der Waals surface area contributed by atoms with E-state index in [0.717, 1.165) is 12.0 Å². The maximum absolute atomic E-state index is 12.8. The molecule has 0 spiro atoms. The van der Waals surface area contributed by atoms with Crippen LogP contribution in [0.3, 0.4) is 0 Å². The zero-order chi connectivity index (χ0) is 12.1. The Morgan fingerprint density at radius 1 is 1.44 bits per heavy atom. The van der Waals surface area contributed by atoms with Crippen LogP contribution in [0.2, 0.25) is 0 Å². The van der Waals surface area contributed by atoms with Crippen LogP contribution in [0.15, 0.2) is 18.2 Å². The molecule has 90 valence electrons. The molecule has 0 radical (unpaired) electrons. The molecule has 0 saturated heterocycles. The first-order chi connectivity index (χ1) is 7.49. The van der Waals surface area contributed by atoms with Crippen LogP contribution >= 0.6 is 0 Å². The summed E-state index contributed by atoms with van der Waals surface area (Å²) in [7, 11) is -0.911. The molecule has 0 amide bonds. The summed E-state index contributed by atoms with van der Waals surface area (Å²) in [5, 5.41) is 0. The molecule has 0 fully saturated rings.